The molecule has 0 amide bonds. The summed E-state index contributed by atoms with van der Waals surface area (Å²) in [6, 6.07) is 4.43. The molecule has 0 bridgehead atoms. The third kappa shape index (κ3) is 8.68. The van der Waals surface area contributed by atoms with Gasteiger partial charge in [-0.2, -0.15) is 0 Å². The lowest BCUT2D eigenvalue weighted by molar-refractivity contribution is -0.289. The van der Waals surface area contributed by atoms with E-state index < -0.39 is 67.0 Å². The molecule has 14 heteroatoms. The molecule has 5 atom stereocenters. The Balaban J connectivity index is 2.09. The van der Waals surface area contributed by atoms with Gasteiger partial charge in [0.05, 0.1) is 6.61 Å². The Bertz CT molecular complexity index is 1360. The van der Waals surface area contributed by atoms with E-state index >= 15 is 4.39 Å². The first-order valence-electron chi connectivity index (χ1n) is 14.2. The number of ether oxygens (including phenoxy) is 7. The van der Waals surface area contributed by atoms with Crippen molar-refractivity contribution >= 4 is 23.9 Å². The number of nitrogens with zero attached hydrogens (tertiary/aromatic N) is 2. The maximum absolute atomic E-state index is 15.1. The highest BCUT2D eigenvalue weighted by molar-refractivity contribution is 5.68. The molecule has 1 aromatic heterocycles. The number of hydrogen-bond acceptors (Lipinski definition) is 12. The summed E-state index contributed by atoms with van der Waals surface area (Å²) in [6.07, 6.45) is -6.84. The molecule has 1 aliphatic rings. The van der Waals surface area contributed by atoms with Crippen molar-refractivity contribution in [2.75, 3.05) is 13.2 Å². The quantitative estimate of drug-likeness (QED) is 0.252. The van der Waals surface area contributed by atoms with Gasteiger partial charge in [-0.1, -0.05) is 6.07 Å². The monoisotopic (exact) mass is 622 g/mol. The van der Waals surface area contributed by atoms with Crippen molar-refractivity contribution in [3.05, 3.63) is 40.8 Å². The Morgan fingerprint density at radius 1 is 0.955 bits per heavy atom. The summed E-state index contributed by atoms with van der Waals surface area (Å²) in [5.41, 5.74) is 1.52. The number of aromatic nitrogens is 2. The lowest BCUT2D eigenvalue weighted by Crippen LogP contribution is -2.63. The molecule has 13 nitrogen and oxygen atoms in total. The first-order chi connectivity index (χ1) is 20.7. The zero-order valence-corrected chi connectivity index (χ0v) is 26.1. The fraction of sp³-hybridized carbons (Fsp3) is 0.567. The van der Waals surface area contributed by atoms with Crippen LogP contribution in [-0.4, -0.2) is 77.6 Å². The molecule has 1 aliphatic heterocycles. The van der Waals surface area contributed by atoms with Crippen LogP contribution in [0.3, 0.4) is 0 Å². The van der Waals surface area contributed by atoms with Crippen LogP contribution in [0.15, 0.2) is 18.2 Å². The Hall–Kier alpha value is -4.20. The van der Waals surface area contributed by atoms with Gasteiger partial charge >= 0.3 is 23.9 Å². The van der Waals surface area contributed by atoms with Gasteiger partial charge in [0.1, 0.15) is 24.3 Å². The van der Waals surface area contributed by atoms with E-state index in [1.807, 2.05) is 13.8 Å². The second-order valence-corrected chi connectivity index (χ2v) is 10.5. The number of halogens is 1. The summed E-state index contributed by atoms with van der Waals surface area (Å²) in [6.45, 7) is 11.9. The number of rotatable bonds is 12. The maximum Gasteiger partial charge on any atom is 0.303 e. The maximum atomic E-state index is 15.1. The fourth-order valence-electron chi connectivity index (χ4n) is 4.84. The number of benzene rings is 1. The largest absolute Gasteiger partial charge is 0.494 e. The average Bonchev–Trinajstić information content (AvgIpc) is 3.22. The van der Waals surface area contributed by atoms with Crippen molar-refractivity contribution in [1.82, 2.24) is 9.78 Å². The first kappa shape index (κ1) is 34.3. The van der Waals surface area contributed by atoms with Crippen molar-refractivity contribution in [3.63, 3.8) is 0 Å². The minimum atomic E-state index is -1.49. The molecule has 1 unspecified atom stereocenters. The molecule has 1 aromatic carbocycles. The van der Waals surface area contributed by atoms with Gasteiger partial charge in [0.25, 0.3) is 0 Å². The van der Waals surface area contributed by atoms with E-state index in [1.165, 1.54) is 13.0 Å². The number of hydrogen-bond donors (Lipinski definition) is 0. The van der Waals surface area contributed by atoms with E-state index in [1.54, 1.807) is 30.7 Å². The van der Waals surface area contributed by atoms with Crippen LogP contribution in [0.25, 0.3) is 0 Å². The van der Waals surface area contributed by atoms with Gasteiger partial charge in [-0.15, -0.1) is 5.10 Å². The lowest BCUT2D eigenvalue weighted by atomic mass is 9.98. The molecule has 3 rings (SSSR count). The molecule has 1 saturated heterocycles. The molecule has 2 aromatic rings. The fourth-order valence-corrected chi connectivity index (χ4v) is 4.84. The van der Waals surface area contributed by atoms with Gasteiger partial charge in [0, 0.05) is 57.5 Å². The predicted octanol–water partition coefficient (Wildman–Crippen LogP) is 3.36. The Morgan fingerprint density at radius 3 is 2.11 bits per heavy atom. The van der Waals surface area contributed by atoms with Crippen molar-refractivity contribution in [2.24, 2.45) is 0 Å². The molecule has 0 N–H and O–H groups in total. The van der Waals surface area contributed by atoms with Gasteiger partial charge in [0.15, 0.2) is 12.2 Å². The molecule has 0 saturated carbocycles. The smallest absolute Gasteiger partial charge is 0.303 e. The molecule has 0 aliphatic carbocycles. The lowest BCUT2D eigenvalue weighted by Gasteiger charge is -2.43. The van der Waals surface area contributed by atoms with Crippen LogP contribution in [0.1, 0.15) is 71.3 Å². The summed E-state index contributed by atoms with van der Waals surface area (Å²) in [5, 5.41) is 4.59. The van der Waals surface area contributed by atoms with Gasteiger partial charge in [0.2, 0.25) is 18.3 Å². The van der Waals surface area contributed by atoms with Gasteiger partial charge in [-0.05, 0) is 39.3 Å². The molecule has 2 heterocycles. The normalized spacial score (nSPS) is 21.4. The van der Waals surface area contributed by atoms with Crippen LogP contribution in [0, 0.1) is 12.7 Å². The molecule has 242 valence electrons. The molecular formula is C30H39FN2O11. The third-order valence-corrected chi connectivity index (χ3v) is 6.60. The van der Waals surface area contributed by atoms with E-state index in [9.17, 15) is 19.2 Å². The van der Waals surface area contributed by atoms with Crippen LogP contribution in [-0.2, 0) is 49.3 Å². The predicted molar refractivity (Wildman–Crippen MR) is 150 cm³/mol. The van der Waals surface area contributed by atoms with Gasteiger partial charge in [-0.25, -0.2) is 4.39 Å². The Morgan fingerprint density at radius 2 is 1.57 bits per heavy atom. The van der Waals surface area contributed by atoms with Gasteiger partial charge in [-0.3, -0.25) is 23.9 Å². The number of esters is 4. The highest BCUT2D eigenvalue weighted by Crippen LogP contribution is 2.34. The molecule has 1 fully saturated rings. The van der Waals surface area contributed by atoms with Crippen molar-refractivity contribution in [2.45, 2.75) is 98.6 Å². The van der Waals surface area contributed by atoms with Crippen LogP contribution < -0.4 is 9.47 Å². The molecular weight excluding hydrogens is 583 g/mol. The summed E-state index contributed by atoms with van der Waals surface area (Å²) in [4.78, 5) is 48.0. The zero-order valence-electron chi connectivity index (χ0n) is 26.1. The average molecular weight is 623 g/mol. The Labute approximate surface area is 254 Å². The standard InChI is InChI=1S/C30H39FN2O11/c1-9-38-22-11-10-21(24(31)13-22)12-23-16(4)33(15(2)3)32-29(23)44-30-28(42-20(8)37)27(41-19(7)36)26(40-18(6)35)25(43-30)14-39-17(5)34/h10-11,13,15,25-28,30H,9,12,14H2,1-8H3/t25-,26-,27+,28-,30?/m1/s1. The van der Waals surface area contributed by atoms with Crippen LogP contribution in [0.4, 0.5) is 4.39 Å². The van der Waals surface area contributed by atoms with E-state index in [4.69, 9.17) is 33.2 Å². The zero-order chi connectivity index (χ0) is 32.7. The summed E-state index contributed by atoms with van der Waals surface area (Å²) in [5.74, 6) is -3.03. The van der Waals surface area contributed by atoms with E-state index in [0.29, 0.717) is 29.2 Å². The second-order valence-electron chi connectivity index (χ2n) is 10.5. The highest BCUT2D eigenvalue weighted by Gasteiger charge is 2.53. The van der Waals surface area contributed by atoms with E-state index in [-0.39, 0.29) is 18.3 Å². The minimum Gasteiger partial charge on any atom is -0.494 e. The van der Waals surface area contributed by atoms with Crippen molar-refractivity contribution in [3.8, 4) is 11.6 Å². The van der Waals surface area contributed by atoms with E-state index in [2.05, 4.69) is 5.10 Å². The summed E-state index contributed by atoms with van der Waals surface area (Å²) < 4.78 is 56.0. The SMILES string of the molecule is CCOc1ccc(Cc2c(OC3O[C@H](COC(C)=O)[C@@H](OC(C)=O)[C@H](OC(C)=O)[C@H]3OC(C)=O)nn(C(C)C)c2C)c(F)c1. The first-order valence-corrected chi connectivity index (χ1v) is 14.2. The van der Waals surface area contributed by atoms with Gasteiger partial charge < -0.3 is 33.2 Å². The van der Waals surface area contributed by atoms with Crippen molar-refractivity contribution < 1.29 is 56.7 Å². The molecule has 0 radical (unpaired) electrons. The van der Waals surface area contributed by atoms with Crippen molar-refractivity contribution in [1.29, 1.82) is 0 Å². The van der Waals surface area contributed by atoms with Crippen LogP contribution in [0.5, 0.6) is 11.6 Å². The van der Waals surface area contributed by atoms with E-state index in [0.717, 1.165) is 20.8 Å². The third-order valence-electron chi connectivity index (χ3n) is 6.60. The number of carbonyl (C=O) groups is 4. The summed E-state index contributed by atoms with van der Waals surface area (Å²) in [7, 11) is 0. The topological polar surface area (TPSA) is 151 Å². The van der Waals surface area contributed by atoms with Crippen LogP contribution in [0.2, 0.25) is 0 Å². The number of carbonyl (C=O) groups excluding carboxylic acids is 4. The highest BCUT2D eigenvalue weighted by atomic mass is 19.1. The van der Waals surface area contributed by atoms with Crippen LogP contribution >= 0.6 is 0 Å². The molecule has 0 spiro atoms. The molecule has 44 heavy (non-hydrogen) atoms. The Kier molecular flexibility index (Phi) is 11.7. The summed E-state index contributed by atoms with van der Waals surface area (Å²) >= 11 is 0. The second kappa shape index (κ2) is 15.0. The minimum absolute atomic E-state index is 0.0328.